The predicted molar refractivity (Wildman–Crippen MR) is 159 cm³/mol. The molecule has 1 aliphatic rings. The molecule has 3 aromatic rings. The number of para-hydroxylation sites is 1. The summed E-state index contributed by atoms with van der Waals surface area (Å²) in [6.45, 7) is 2.77. The molecule has 0 aliphatic carbocycles. The SMILES string of the molecule is Cl.O=C(NCCCCC1CCNCC1)c1ccc(S(=O)(=O)N(Oc2ccc(Cl)cc2Cl)c2ccccc2)cc1. The standard InChI is InChI=1S/C28H31Cl2N3O4S.ClH/c29-23-11-14-27(26(30)20-23)37-33(24-7-2-1-3-8-24)38(35,36)25-12-9-22(10-13-25)28(34)32-17-5-4-6-21-15-18-31-19-16-21;/h1-3,7-14,20-21,31H,4-6,15-19H2,(H,32,34);1H. The molecule has 0 unspecified atom stereocenters. The fourth-order valence-corrected chi connectivity index (χ4v) is 6.03. The number of hydrogen-bond acceptors (Lipinski definition) is 5. The summed E-state index contributed by atoms with van der Waals surface area (Å²) in [5.74, 6) is 0.663. The van der Waals surface area contributed by atoms with E-state index in [1.165, 1.54) is 55.7 Å². The van der Waals surface area contributed by atoms with Crippen molar-refractivity contribution in [3.63, 3.8) is 0 Å². The number of sulfonamides is 1. The molecule has 4 rings (SSSR count). The molecule has 0 atom stereocenters. The normalized spacial score (nSPS) is 13.8. The van der Waals surface area contributed by atoms with Crippen LogP contribution in [0.3, 0.4) is 0 Å². The minimum atomic E-state index is -4.17. The lowest BCUT2D eigenvalue weighted by Crippen LogP contribution is -2.34. The Hall–Kier alpha value is -2.49. The molecular formula is C28H32Cl3N3O4S. The molecule has 2 N–H and O–H groups in total. The summed E-state index contributed by atoms with van der Waals surface area (Å²) in [4.78, 5) is 18.3. The summed E-state index contributed by atoms with van der Waals surface area (Å²) in [6.07, 6.45) is 5.63. The van der Waals surface area contributed by atoms with Crippen LogP contribution in [-0.4, -0.2) is 34.0 Å². The summed E-state index contributed by atoms with van der Waals surface area (Å²) in [6, 6.07) is 18.7. The quantitative estimate of drug-likeness (QED) is 0.191. The maximum Gasteiger partial charge on any atom is 0.295 e. The maximum absolute atomic E-state index is 13.6. The summed E-state index contributed by atoms with van der Waals surface area (Å²) in [5.41, 5.74) is 0.667. The van der Waals surface area contributed by atoms with Gasteiger partial charge in [-0.25, -0.2) is 0 Å². The molecule has 1 saturated heterocycles. The van der Waals surface area contributed by atoms with Crippen LogP contribution in [0.15, 0.2) is 77.7 Å². The lowest BCUT2D eigenvalue weighted by atomic mass is 9.92. The Bertz CT molecular complexity index is 1320. The van der Waals surface area contributed by atoms with Gasteiger partial charge in [0.05, 0.1) is 15.6 Å². The molecule has 0 aromatic heterocycles. The first-order valence-corrected chi connectivity index (χ1v) is 14.9. The third kappa shape index (κ3) is 8.50. The van der Waals surface area contributed by atoms with Crippen LogP contribution >= 0.6 is 35.6 Å². The number of hydrogen-bond donors (Lipinski definition) is 2. The van der Waals surface area contributed by atoms with Gasteiger partial charge in [-0.15, -0.1) is 12.4 Å². The van der Waals surface area contributed by atoms with Crippen LogP contribution < -0.4 is 19.9 Å². The molecule has 3 aromatic carbocycles. The van der Waals surface area contributed by atoms with Crippen molar-refractivity contribution in [3.8, 4) is 5.75 Å². The highest BCUT2D eigenvalue weighted by Crippen LogP contribution is 2.32. The predicted octanol–water partition coefficient (Wildman–Crippen LogP) is 6.50. The van der Waals surface area contributed by atoms with E-state index in [9.17, 15) is 13.2 Å². The fraction of sp³-hybridized carbons (Fsp3) is 0.321. The van der Waals surface area contributed by atoms with E-state index in [1.54, 1.807) is 36.4 Å². The van der Waals surface area contributed by atoms with E-state index in [1.807, 2.05) is 0 Å². The second-order valence-electron chi connectivity index (χ2n) is 9.20. The number of benzene rings is 3. The van der Waals surface area contributed by atoms with Gasteiger partial charge in [0.25, 0.3) is 15.9 Å². The van der Waals surface area contributed by atoms with Crippen molar-refractivity contribution in [1.29, 1.82) is 0 Å². The molecule has 0 bridgehead atoms. The van der Waals surface area contributed by atoms with Gasteiger partial charge in [0, 0.05) is 17.1 Å². The molecule has 0 spiro atoms. The van der Waals surface area contributed by atoms with Gasteiger partial charge in [-0.05, 0) is 92.9 Å². The van der Waals surface area contributed by atoms with Crippen LogP contribution in [0.5, 0.6) is 5.75 Å². The average molecular weight is 613 g/mol. The van der Waals surface area contributed by atoms with Gasteiger partial charge in [-0.3, -0.25) is 4.79 Å². The van der Waals surface area contributed by atoms with Crippen LogP contribution in [0.25, 0.3) is 0 Å². The zero-order valence-corrected chi connectivity index (χ0v) is 24.5. The van der Waals surface area contributed by atoms with Gasteiger partial charge >= 0.3 is 0 Å². The molecule has 1 amide bonds. The molecule has 1 fully saturated rings. The number of nitrogens with one attached hydrogen (secondary N) is 2. The number of anilines is 1. The smallest absolute Gasteiger partial charge is 0.295 e. The first-order valence-electron chi connectivity index (χ1n) is 12.7. The number of unbranched alkanes of at least 4 members (excludes halogenated alkanes) is 1. The van der Waals surface area contributed by atoms with Crippen molar-refractivity contribution in [2.24, 2.45) is 5.92 Å². The number of amides is 1. The molecule has 39 heavy (non-hydrogen) atoms. The van der Waals surface area contributed by atoms with Crippen molar-refractivity contribution in [3.05, 3.63) is 88.4 Å². The van der Waals surface area contributed by atoms with Gasteiger partial charge in [-0.1, -0.05) is 58.7 Å². The Morgan fingerprint density at radius 3 is 2.33 bits per heavy atom. The molecule has 1 heterocycles. The fourth-order valence-electron chi connectivity index (χ4n) is 4.34. The Kier molecular flexibility index (Phi) is 11.8. The average Bonchev–Trinajstić information content (AvgIpc) is 2.93. The van der Waals surface area contributed by atoms with E-state index in [4.69, 9.17) is 28.0 Å². The highest BCUT2D eigenvalue weighted by atomic mass is 35.5. The van der Waals surface area contributed by atoms with Gasteiger partial charge in [0.15, 0.2) is 5.75 Å². The summed E-state index contributed by atoms with van der Waals surface area (Å²) in [7, 11) is -4.17. The number of carbonyl (C=O) groups is 1. The van der Waals surface area contributed by atoms with E-state index < -0.39 is 10.0 Å². The van der Waals surface area contributed by atoms with Crippen LogP contribution in [0.4, 0.5) is 5.69 Å². The third-order valence-corrected chi connectivity index (χ3v) is 8.58. The van der Waals surface area contributed by atoms with Crippen LogP contribution in [0.2, 0.25) is 10.0 Å². The van der Waals surface area contributed by atoms with Crippen molar-refractivity contribution in [2.75, 3.05) is 24.1 Å². The van der Waals surface area contributed by atoms with Crippen LogP contribution in [0, 0.1) is 5.92 Å². The van der Waals surface area contributed by atoms with E-state index in [0.717, 1.165) is 36.3 Å². The van der Waals surface area contributed by atoms with Gasteiger partial charge in [-0.2, -0.15) is 8.42 Å². The lowest BCUT2D eigenvalue weighted by Gasteiger charge is -2.24. The number of nitrogens with zero attached hydrogens (tertiary/aromatic N) is 1. The van der Waals surface area contributed by atoms with E-state index in [2.05, 4.69) is 10.6 Å². The minimum absolute atomic E-state index is 0. The van der Waals surface area contributed by atoms with E-state index in [0.29, 0.717) is 17.1 Å². The van der Waals surface area contributed by atoms with E-state index in [-0.39, 0.29) is 39.7 Å². The van der Waals surface area contributed by atoms with Gasteiger partial charge in [0.1, 0.15) is 0 Å². The first kappa shape index (κ1) is 31.0. The summed E-state index contributed by atoms with van der Waals surface area (Å²) < 4.78 is 28.0. The van der Waals surface area contributed by atoms with Gasteiger partial charge < -0.3 is 15.5 Å². The molecule has 7 nitrogen and oxygen atoms in total. The zero-order chi connectivity index (χ0) is 27.0. The summed E-state index contributed by atoms with van der Waals surface area (Å²) >= 11 is 12.2. The highest BCUT2D eigenvalue weighted by molar-refractivity contribution is 7.92. The summed E-state index contributed by atoms with van der Waals surface area (Å²) in [5, 5.41) is 6.86. The number of carbonyl (C=O) groups excluding carboxylic acids is 1. The van der Waals surface area contributed by atoms with Crippen LogP contribution in [-0.2, 0) is 10.0 Å². The number of piperidine rings is 1. The monoisotopic (exact) mass is 611 g/mol. The molecule has 1 aliphatic heterocycles. The largest absolute Gasteiger partial charge is 0.363 e. The molecule has 0 saturated carbocycles. The van der Waals surface area contributed by atoms with Crippen molar-refractivity contribution in [1.82, 2.24) is 10.6 Å². The van der Waals surface area contributed by atoms with Crippen molar-refractivity contribution >= 4 is 57.2 Å². The maximum atomic E-state index is 13.6. The molecular weight excluding hydrogens is 581 g/mol. The van der Waals surface area contributed by atoms with Crippen molar-refractivity contribution < 1.29 is 18.0 Å². The molecule has 11 heteroatoms. The second-order valence-corrected chi connectivity index (χ2v) is 11.8. The molecule has 210 valence electrons. The van der Waals surface area contributed by atoms with E-state index >= 15 is 0 Å². The Morgan fingerprint density at radius 1 is 0.974 bits per heavy atom. The number of rotatable bonds is 11. The lowest BCUT2D eigenvalue weighted by molar-refractivity contribution is 0.0952. The Labute approximate surface area is 246 Å². The Morgan fingerprint density at radius 2 is 1.67 bits per heavy atom. The highest BCUT2D eigenvalue weighted by Gasteiger charge is 2.28. The minimum Gasteiger partial charge on any atom is -0.363 e. The van der Waals surface area contributed by atoms with Crippen LogP contribution in [0.1, 0.15) is 42.5 Å². The van der Waals surface area contributed by atoms with Crippen molar-refractivity contribution in [2.45, 2.75) is 37.0 Å². The molecule has 0 radical (unpaired) electrons. The van der Waals surface area contributed by atoms with Gasteiger partial charge in [0.2, 0.25) is 0 Å². The zero-order valence-electron chi connectivity index (χ0n) is 21.3. The first-order chi connectivity index (χ1) is 18.3. The Balaban J connectivity index is 0.00000420. The number of halogens is 3. The third-order valence-electron chi connectivity index (χ3n) is 6.46. The topological polar surface area (TPSA) is 87.7 Å². The second kappa shape index (κ2) is 14.8.